The normalized spacial score (nSPS) is 14.6. The van der Waals surface area contributed by atoms with Crippen molar-refractivity contribution >= 4 is 0 Å². The number of nitrogens with zero attached hydrogens (tertiary/aromatic N) is 1. The zero-order valence-electron chi connectivity index (χ0n) is 4.31. The highest BCUT2D eigenvalue weighted by atomic mass is 19.4. The molecule has 1 N–H and O–H groups in total. The van der Waals surface area contributed by atoms with Gasteiger partial charge in [0, 0.05) is 0 Å². The zero-order valence-corrected chi connectivity index (χ0v) is 4.31. The molecule has 1 atom stereocenters. The lowest BCUT2D eigenvalue weighted by molar-refractivity contribution is -0.201. The van der Waals surface area contributed by atoms with Crippen LogP contribution in [0.5, 0.6) is 0 Å². The van der Waals surface area contributed by atoms with Gasteiger partial charge in [-0.25, -0.2) is 0 Å². The van der Waals surface area contributed by atoms with Crippen molar-refractivity contribution in [2.24, 2.45) is 0 Å². The van der Waals surface area contributed by atoms with Crippen LogP contribution in [-0.2, 0) is 0 Å². The zero-order chi connectivity index (χ0) is 7.49. The molecular weight excluding hydrogens is 135 g/mol. The van der Waals surface area contributed by atoms with Gasteiger partial charge in [-0.2, -0.15) is 18.4 Å². The van der Waals surface area contributed by atoms with Crippen molar-refractivity contribution in [2.75, 3.05) is 0 Å². The quantitative estimate of drug-likeness (QED) is 0.584. The molecule has 0 radical (unpaired) electrons. The Morgan fingerprint density at radius 1 is 1.56 bits per heavy atom. The van der Waals surface area contributed by atoms with E-state index in [0.29, 0.717) is 0 Å². The molecular formula is C4H4F3NO. The Balaban J connectivity index is 3.76. The molecule has 0 aromatic rings. The number of hydrogen-bond donors (Lipinski definition) is 1. The first-order chi connectivity index (χ1) is 3.98. The average Bonchev–Trinajstić information content (AvgIpc) is 1.64. The van der Waals surface area contributed by atoms with Crippen molar-refractivity contribution in [1.29, 1.82) is 5.26 Å². The van der Waals surface area contributed by atoms with Crippen LogP contribution in [0.15, 0.2) is 0 Å². The third kappa shape index (κ3) is 2.93. The number of rotatable bonds is 1. The number of aliphatic hydroxyl groups is 1. The number of hydrogen-bond acceptors (Lipinski definition) is 2. The fourth-order valence-electron chi connectivity index (χ4n) is 0.202. The van der Waals surface area contributed by atoms with Gasteiger partial charge in [0.1, 0.15) is 0 Å². The van der Waals surface area contributed by atoms with Crippen LogP contribution in [0.4, 0.5) is 13.2 Å². The summed E-state index contributed by atoms with van der Waals surface area (Å²) in [7, 11) is 0. The van der Waals surface area contributed by atoms with E-state index in [0.717, 1.165) is 0 Å². The molecule has 0 aromatic heterocycles. The Labute approximate surface area is 49.5 Å². The summed E-state index contributed by atoms with van der Waals surface area (Å²) in [5, 5.41) is 15.7. The molecule has 0 aliphatic rings. The molecule has 0 amide bonds. The third-order valence-corrected chi connectivity index (χ3v) is 0.662. The fraction of sp³-hybridized carbons (Fsp3) is 0.750. The van der Waals surface area contributed by atoms with Gasteiger partial charge in [0.25, 0.3) is 0 Å². The molecule has 52 valence electrons. The highest BCUT2D eigenvalue weighted by Crippen LogP contribution is 2.21. The van der Waals surface area contributed by atoms with Gasteiger partial charge in [-0.3, -0.25) is 0 Å². The van der Waals surface area contributed by atoms with Crippen LogP contribution in [0, 0.1) is 11.3 Å². The van der Waals surface area contributed by atoms with Gasteiger partial charge >= 0.3 is 6.18 Å². The van der Waals surface area contributed by atoms with Gasteiger partial charge < -0.3 is 5.11 Å². The molecule has 0 fully saturated rings. The lowest BCUT2D eigenvalue weighted by Gasteiger charge is -2.09. The van der Waals surface area contributed by atoms with E-state index in [-0.39, 0.29) is 0 Å². The van der Waals surface area contributed by atoms with Crippen LogP contribution in [0.3, 0.4) is 0 Å². The summed E-state index contributed by atoms with van der Waals surface area (Å²) in [4.78, 5) is 0. The second kappa shape index (κ2) is 2.69. The van der Waals surface area contributed by atoms with Crippen LogP contribution in [0.1, 0.15) is 6.42 Å². The highest BCUT2D eigenvalue weighted by molar-refractivity contribution is 4.79. The lowest BCUT2D eigenvalue weighted by Crippen LogP contribution is -2.27. The molecule has 0 saturated heterocycles. The maximum absolute atomic E-state index is 11.2. The van der Waals surface area contributed by atoms with Crippen molar-refractivity contribution in [1.82, 2.24) is 0 Å². The molecule has 0 spiro atoms. The molecule has 0 bridgehead atoms. The number of aliphatic hydroxyl groups excluding tert-OH is 1. The van der Waals surface area contributed by atoms with E-state index in [9.17, 15) is 13.2 Å². The van der Waals surface area contributed by atoms with Crippen molar-refractivity contribution in [3.05, 3.63) is 0 Å². The molecule has 0 saturated carbocycles. The maximum Gasteiger partial charge on any atom is 0.415 e. The molecule has 0 heterocycles. The molecule has 0 unspecified atom stereocenters. The predicted octanol–water partition coefficient (Wildman–Crippen LogP) is 0.823. The summed E-state index contributed by atoms with van der Waals surface area (Å²) in [5.74, 6) is 0. The molecule has 0 rings (SSSR count). The fourth-order valence-corrected chi connectivity index (χ4v) is 0.202. The molecule has 0 aromatic carbocycles. The summed E-state index contributed by atoms with van der Waals surface area (Å²) < 4.78 is 33.7. The minimum Gasteiger partial charge on any atom is -0.383 e. The van der Waals surface area contributed by atoms with Crippen molar-refractivity contribution in [3.8, 4) is 6.07 Å². The van der Waals surface area contributed by atoms with E-state index >= 15 is 0 Å². The SMILES string of the molecule is N#CC[C@H](O)C(F)(F)F. The Hall–Kier alpha value is -0.760. The van der Waals surface area contributed by atoms with Crippen molar-refractivity contribution in [2.45, 2.75) is 18.7 Å². The first-order valence-electron chi connectivity index (χ1n) is 2.10. The van der Waals surface area contributed by atoms with E-state index in [1.165, 1.54) is 6.07 Å². The third-order valence-electron chi connectivity index (χ3n) is 0.662. The Bertz CT molecular complexity index is 125. The molecule has 5 heteroatoms. The topological polar surface area (TPSA) is 44.0 Å². The second-order valence-electron chi connectivity index (χ2n) is 1.42. The Morgan fingerprint density at radius 3 is 2.11 bits per heavy atom. The minimum atomic E-state index is -4.66. The number of alkyl halides is 3. The number of halogens is 3. The molecule has 0 aliphatic carbocycles. The van der Waals surface area contributed by atoms with Gasteiger partial charge in [0.15, 0.2) is 6.10 Å². The van der Waals surface area contributed by atoms with E-state index < -0.39 is 18.7 Å². The number of nitriles is 1. The molecule has 2 nitrogen and oxygen atoms in total. The average molecular weight is 139 g/mol. The van der Waals surface area contributed by atoms with Crippen LogP contribution < -0.4 is 0 Å². The van der Waals surface area contributed by atoms with E-state index in [2.05, 4.69) is 0 Å². The molecule has 9 heavy (non-hydrogen) atoms. The van der Waals surface area contributed by atoms with Crippen LogP contribution in [-0.4, -0.2) is 17.4 Å². The van der Waals surface area contributed by atoms with Gasteiger partial charge in [0.05, 0.1) is 12.5 Å². The van der Waals surface area contributed by atoms with E-state index in [4.69, 9.17) is 10.4 Å². The summed E-state index contributed by atoms with van der Waals surface area (Å²) >= 11 is 0. The summed E-state index contributed by atoms with van der Waals surface area (Å²) in [6.45, 7) is 0. The Kier molecular flexibility index (Phi) is 2.46. The van der Waals surface area contributed by atoms with Crippen LogP contribution >= 0.6 is 0 Å². The van der Waals surface area contributed by atoms with Crippen molar-refractivity contribution < 1.29 is 18.3 Å². The first-order valence-corrected chi connectivity index (χ1v) is 2.10. The van der Waals surface area contributed by atoms with Crippen LogP contribution in [0.25, 0.3) is 0 Å². The van der Waals surface area contributed by atoms with E-state index in [1.807, 2.05) is 0 Å². The second-order valence-corrected chi connectivity index (χ2v) is 1.42. The monoisotopic (exact) mass is 139 g/mol. The molecule has 0 aliphatic heterocycles. The van der Waals surface area contributed by atoms with Gasteiger partial charge in [-0.1, -0.05) is 0 Å². The Morgan fingerprint density at radius 2 is 2.00 bits per heavy atom. The lowest BCUT2D eigenvalue weighted by atomic mass is 10.3. The summed E-state index contributed by atoms with van der Waals surface area (Å²) in [6.07, 6.45) is -8.05. The smallest absolute Gasteiger partial charge is 0.383 e. The van der Waals surface area contributed by atoms with E-state index in [1.54, 1.807) is 0 Å². The maximum atomic E-state index is 11.2. The van der Waals surface area contributed by atoms with Crippen molar-refractivity contribution in [3.63, 3.8) is 0 Å². The predicted molar refractivity (Wildman–Crippen MR) is 22.3 cm³/mol. The standard InChI is InChI=1S/C4H4F3NO/c5-4(6,7)3(9)1-2-8/h3,9H,1H2/t3-/m0/s1. The summed E-state index contributed by atoms with van der Waals surface area (Å²) in [6, 6.07) is 1.20. The van der Waals surface area contributed by atoms with Gasteiger partial charge in [-0.05, 0) is 0 Å². The largest absolute Gasteiger partial charge is 0.415 e. The van der Waals surface area contributed by atoms with Gasteiger partial charge in [-0.15, -0.1) is 0 Å². The summed E-state index contributed by atoms with van der Waals surface area (Å²) in [5.41, 5.74) is 0. The van der Waals surface area contributed by atoms with Gasteiger partial charge in [0.2, 0.25) is 0 Å². The van der Waals surface area contributed by atoms with Crippen LogP contribution in [0.2, 0.25) is 0 Å². The minimum absolute atomic E-state index is 0.899. The highest BCUT2D eigenvalue weighted by Gasteiger charge is 2.37. The first kappa shape index (κ1) is 8.24.